The molecule has 1 aromatic rings. The number of hydrogen-bond donors (Lipinski definition) is 1. The lowest BCUT2D eigenvalue weighted by atomic mass is 10.0. The van der Waals surface area contributed by atoms with Crippen molar-refractivity contribution >= 4 is 12.0 Å². The van der Waals surface area contributed by atoms with Crippen LogP contribution in [0.15, 0.2) is 30.3 Å². The maximum atomic E-state index is 11.0. The van der Waals surface area contributed by atoms with Crippen LogP contribution in [0.3, 0.4) is 0 Å². The minimum atomic E-state index is -0.325. The molecule has 1 aromatic carbocycles. The van der Waals surface area contributed by atoms with Crippen molar-refractivity contribution in [2.45, 2.75) is 18.9 Å². The molecular formula is C14H17NO2. The van der Waals surface area contributed by atoms with Gasteiger partial charge in [0, 0.05) is 12.1 Å². The fourth-order valence-electron chi connectivity index (χ4n) is 2.08. The van der Waals surface area contributed by atoms with E-state index in [9.17, 15) is 4.79 Å². The average Bonchev–Trinajstić information content (AvgIpc) is 2.90. The largest absolute Gasteiger partial charge is 0.466 e. The zero-order chi connectivity index (χ0) is 12.1. The molecule has 0 amide bonds. The molecule has 1 aliphatic heterocycles. The Balaban J connectivity index is 2.11. The number of rotatable bonds is 3. The lowest BCUT2D eigenvalue weighted by Gasteiger charge is -2.10. The van der Waals surface area contributed by atoms with Gasteiger partial charge in [-0.1, -0.05) is 24.3 Å². The van der Waals surface area contributed by atoms with Crippen LogP contribution >= 0.6 is 0 Å². The third-order valence-electron chi connectivity index (χ3n) is 2.99. The first kappa shape index (κ1) is 11.9. The van der Waals surface area contributed by atoms with E-state index in [0.717, 1.165) is 12.1 Å². The van der Waals surface area contributed by atoms with Crippen LogP contribution in [0.25, 0.3) is 6.08 Å². The Bertz CT molecular complexity index is 420. The van der Waals surface area contributed by atoms with Gasteiger partial charge >= 0.3 is 5.97 Å². The Kier molecular flexibility index (Phi) is 3.94. The SMILES string of the molecule is COC(=O)/C=C/c1cccc(C2CCCN2)c1. The van der Waals surface area contributed by atoms with Crippen molar-refractivity contribution in [1.82, 2.24) is 5.32 Å². The van der Waals surface area contributed by atoms with E-state index in [0.29, 0.717) is 6.04 Å². The lowest BCUT2D eigenvalue weighted by Crippen LogP contribution is -2.12. The van der Waals surface area contributed by atoms with Crippen LogP contribution in [0.5, 0.6) is 0 Å². The Hall–Kier alpha value is -1.61. The van der Waals surface area contributed by atoms with Crippen molar-refractivity contribution in [3.8, 4) is 0 Å². The molecule has 3 heteroatoms. The summed E-state index contributed by atoms with van der Waals surface area (Å²) >= 11 is 0. The number of nitrogens with one attached hydrogen (secondary N) is 1. The maximum Gasteiger partial charge on any atom is 0.330 e. The molecule has 0 aliphatic carbocycles. The van der Waals surface area contributed by atoms with Gasteiger partial charge in [-0.25, -0.2) is 4.79 Å². The molecule has 1 N–H and O–H groups in total. The third-order valence-corrected chi connectivity index (χ3v) is 2.99. The second-order valence-electron chi connectivity index (χ2n) is 4.18. The van der Waals surface area contributed by atoms with Crippen LogP contribution in [-0.2, 0) is 9.53 Å². The van der Waals surface area contributed by atoms with Crippen molar-refractivity contribution in [2.24, 2.45) is 0 Å². The van der Waals surface area contributed by atoms with Gasteiger partial charge in [0.15, 0.2) is 0 Å². The van der Waals surface area contributed by atoms with Gasteiger partial charge in [0.2, 0.25) is 0 Å². The monoisotopic (exact) mass is 231 g/mol. The molecule has 0 saturated carbocycles. The second-order valence-corrected chi connectivity index (χ2v) is 4.18. The highest BCUT2D eigenvalue weighted by molar-refractivity contribution is 5.86. The fourth-order valence-corrected chi connectivity index (χ4v) is 2.08. The highest BCUT2D eigenvalue weighted by Gasteiger charge is 2.15. The first-order valence-corrected chi connectivity index (χ1v) is 5.89. The van der Waals surface area contributed by atoms with Gasteiger partial charge in [0.25, 0.3) is 0 Å². The van der Waals surface area contributed by atoms with E-state index in [-0.39, 0.29) is 5.97 Å². The van der Waals surface area contributed by atoms with Gasteiger partial charge < -0.3 is 10.1 Å². The van der Waals surface area contributed by atoms with E-state index >= 15 is 0 Å². The molecule has 1 heterocycles. The molecule has 3 nitrogen and oxygen atoms in total. The zero-order valence-electron chi connectivity index (χ0n) is 9.98. The predicted octanol–water partition coefficient (Wildman–Crippen LogP) is 2.30. The third kappa shape index (κ3) is 3.17. The van der Waals surface area contributed by atoms with Crippen molar-refractivity contribution in [3.05, 3.63) is 41.5 Å². The molecule has 0 radical (unpaired) electrons. The smallest absolute Gasteiger partial charge is 0.330 e. The van der Waals surface area contributed by atoms with Crippen LogP contribution in [-0.4, -0.2) is 19.6 Å². The molecule has 17 heavy (non-hydrogen) atoms. The molecule has 2 rings (SSSR count). The molecule has 0 aromatic heterocycles. The number of carbonyl (C=O) groups is 1. The van der Waals surface area contributed by atoms with Crippen molar-refractivity contribution < 1.29 is 9.53 Å². The minimum absolute atomic E-state index is 0.325. The molecule has 0 bridgehead atoms. The summed E-state index contributed by atoms with van der Waals surface area (Å²) < 4.78 is 4.56. The molecule has 90 valence electrons. The summed E-state index contributed by atoms with van der Waals surface area (Å²) in [5.74, 6) is -0.325. The molecule has 1 unspecified atom stereocenters. The summed E-state index contributed by atoms with van der Waals surface area (Å²) in [6.07, 6.45) is 5.64. The van der Waals surface area contributed by atoms with Crippen LogP contribution in [0, 0.1) is 0 Å². The van der Waals surface area contributed by atoms with Gasteiger partial charge in [0.05, 0.1) is 7.11 Å². The number of methoxy groups -OCH3 is 1. The summed E-state index contributed by atoms with van der Waals surface area (Å²) in [5, 5.41) is 3.46. The average molecular weight is 231 g/mol. The van der Waals surface area contributed by atoms with Gasteiger partial charge in [-0.2, -0.15) is 0 Å². The van der Waals surface area contributed by atoms with Gasteiger partial charge in [-0.15, -0.1) is 0 Å². The van der Waals surface area contributed by atoms with E-state index in [1.54, 1.807) is 6.08 Å². The molecule has 1 atom stereocenters. The molecular weight excluding hydrogens is 214 g/mol. The van der Waals surface area contributed by atoms with Gasteiger partial charge in [0.1, 0.15) is 0 Å². The highest BCUT2D eigenvalue weighted by Crippen LogP contribution is 2.23. The van der Waals surface area contributed by atoms with E-state index in [1.807, 2.05) is 12.1 Å². The maximum absolute atomic E-state index is 11.0. The van der Waals surface area contributed by atoms with E-state index in [4.69, 9.17) is 0 Å². The first-order valence-electron chi connectivity index (χ1n) is 5.89. The molecule has 0 spiro atoms. The molecule has 1 saturated heterocycles. The quantitative estimate of drug-likeness (QED) is 0.640. The Labute approximate surface area is 101 Å². The van der Waals surface area contributed by atoms with Crippen molar-refractivity contribution in [1.29, 1.82) is 0 Å². The van der Waals surface area contributed by atoms with Crippen LogP contribution in [0.2, 0.25) is 0 Å². The number of benzene rings is 1. The summed E-state index contributed by atoms with van der Waals surface area (Å²) in [7, 11) is 1.38. The standard InChI is InChI=1S/C14H17NO2/c1-17-14(16)8-7-11-4-2-5-12(10-11)13-6-3-9-15-13/h2,4-5,7-8,10,13,15H,3,6,9H2,1H3/b8-7+. The van der Waals surface area contributed by atoms with Crippen molar-refractivity contribution in [2.75, 3.05) is 13.7 Å². The second kappa shape index (κ2) is 5.64. The summed E-state index contributed by atoms with van der Waals surface area (Å²) in [6.45, 7) is 1.09. The Morgan fingerprint density at radius 3 is 3.12 bits per heavy atom. The summed E-state index contributed by atoms with van der Waals surface area (Å²) in [4.78, 5) is 11.0. The normalized spacial score (nSPS) is 19.7. The Morgan fingerprint density at radius 1 is 1.53 bits per heavy atom. The minimum Gasteiger partial charge on any atom is -0.466 e. The lowest BCUT2D eigenvalue weighted by molar-refractivity contribution is -0.134. The topological polar surface area (TPSA) is 38.3 Å². The van der Waals surface area contributed by atoms with E-state index in [1.165, 1.54) is 31.6 Å². The molecule has 1 fully saturated rings. The fraction of sp³-hybridized carbons (Fsp3) is 0.357. The predicted molar refractivity (Wildman–Crippen MR) is 67.5 cm³/mol. The zero-order valence-corrected chi connectivity index (χ0v) is 9.98. The molecule has 1 aliphatic rings. The van der Waals surface area contributed by atoms with Gasteiger partial charge in [-0.3, -0.25) is 0 Å². The summed E-state index contributed by atoms with van der Waals surface area (Å²) in [6, 6.07) is 8.70. The van der Waals surface area contributed by atoms with Crippen LogP contribution < -0.4 is 5.32 Å². The van der Waals surface area contributed by atoms with Gasteiger partial charge in [-0.05, 0) is 36.6 Å². The van der Waals surface area contributed by atoms with Crippen LogP contribution in [0.1, 0.15) is 30.0 Å². The van der Waals surface area contributed by atoms with E-state index in [2.05, 4.69) is 22.2 Å². The highest BCUT2D eigenvalue weighted by atomic mass is 16.5. The summed E-state index contributed by atoms with van der Waals surface area (Å²) in [5.41, 5.74) is 2.32. The number of hydrogen-bond acceptors (Lipinski definition) is 3. The van der Waals surface area contributed by atoms with Crippen LogP contribution in [0.4, 0.5) is 0 Å². The van der Waals surface area contributed by atoms with Crippen molar-refractivity contribution in [3.63, 3.8) is 0 Å². The number of ether oxygens (including phenoxy) is 1. The van der Waals surface area contributed by atoms with E-state index < -0.39 is 0 Å². The first-order chi connectivity index (χ1) is 8.29. The number of esters is 1. The number of carbonyl (C=O) groups excluding carboxylic acids is 1. The Morgan fingerprint density at radius 2 is 2.41 bits per heavy atom.